The lowest BCUT2D eigenvalue weighted by atomic mass is 10.1. The summed E-state index contributed by atoms with van der Waals surface area (Å²) >= 11 is 0. The molecule has 0 aromatic carbocycles. The molecule has 18 heavy (non-hydrogen) atoms. The highest BCUT2D eigenvalue weighted by atomic mass is 35.5. The van der Waals surface area contributed by atoms with E-state index in [1.54, 1.807) is 13.8 Å². The van der Waals surface area contributed by atoms with Gasteiger partial charge in [0.1, 0.15) is 0 Å². The van der Waals surface area contributed by atoms with Gasteiger partial charge in [0, 0.05) is 5.92 Å². The van der Waals surface area contributed by atoms with Crippen molar-refractivity contribution in [1.82, 2.24) is 0 Å². The first-order chi connectivity index (χ1) is 7.62. The summed E-state index contributed by atoms with van der Waals surface area (Å²) in [6.45, 7) is 4.61. The number of rotatable bonds is 4. The average molecular weight is 289 g/mol. The zero-order valence-electron chi connectivity index (χ0n) is 10.2. The molecule has 1 aliphatic carbocycles. The van der Waals surface area contributed by atoms with Crippen LogP contribution in [0, 0.1) is 17.3 Å². The van der Waals surface area contributed by atoms with Crippen LogP contribution in [0.5, 0.6) is 0 Å². The third-order valence-corrected chi connectivity index (χ3v) is 3.09. The lowest BCUT2D eigenvalue weighted by Crippen LogP contribution is -2.15. The number of allylic oxidation sites excluding steroid dienone is 2. The van der Waals surface area contributed by atoms with Crippen molar-refractivity contribution < 1.29 is 27.8 Å². The molecule has 2 atom stereocenters. The van der Waals surface area contributed by atoms with Gasteiger partial charge < -0.3 is 9.84 Å². The van der Waals surface area contributed by atoms with Crippen LogP contribution in [0.4, 0.5) is 13.2 Å². The summed E-state index contributed by atoms with van der Waals surface area (Å²) in [7, 11) is 0. The van der Waals surface area contributed by atoms with E-state index in [2.05, 4.69) is 4.74 Å². The second kappa shape index (κ2) is 5.38. The van der Waals surface area contributed by atoms with Crippen molar-refractivity contribution in [2.75, 3.05) is 6.61 Å². The van der Waals surface area contributed by atoms with E-state index in [1.165, 1.54) is 6.92 Å². The van der Waals surface area contributed by atoms with Crippen LogP contribution in [-0.2, 0) is 9.53 Å². The quantitative estimate of drug-likeness (QED) is 0.808. The predicted octanol–water partition coefficient (Wildman–Crippen LogP) is 3.25. The number of carboxylic acid groups (broad SMARTS) is 1. The van der Waals surface area contributed by atoms with Gasteiger partial charge in [-0.25, -0.2) is 0 Å². The molecule has 1 saturated carbocycles. The number of carbonyl (C=O) groups is 1. The molecule has 2 unspecified atom stereocenters. The lowest BCUT2D eigenvalue weighted by molar-refractivity contribution is -0.139. The van der Waals surface area contributed by atoms with Crippen LogP contribution in [0.3, 0.4) is 0 Å². The van der Waals surface area contributed by atoms with Crippen LogP contribution in [0.25, 0.3) is 0 Å². The van der Waals surface area contributed by atoms with E-state index in [4.69, 9.17) is 5.11 Å². The van der Waals surface area contributed by atoms with Crippen LogP contribution in [0.15, 0.2) is 11.8 Å². The molecule has 3 nitrogen and oxygen atoms in total. The molecule has 0 aliphatic heterocycles. The van der Waals surface area contributed by atoms with Gasteiger partial charge in [0.05, 0.1) is 12.5 Å². The highest BCUT2D eigenvalue weighted by molar-refractivity contribution is 5.85. The molecule has 1 N–H and O–H groups in total. The zero-order chi connectivity index (χ0) is 13.4. The Morgan fingerprint density at radius 3 is 2.22 bits per heavy atom. The van der Waals surface area contributed by atoms with Gasteiger partial charge in [-0.1, -0.05) is 13.8 Å². The fraction of sp³-hybridized carbons (Fsp3) is 0.727. The maximum atomic E-state index is 12.5. The van der Waals surface area contributed by atoms with E-state index in [-0.39, 0.29) is 19.0 Å². The summed E-state index contributed by atoms with van der Waals surface area (Å²) in [5, 5.41) is 8.85. The van der Waals surface area contributed by atoms with Crippen molar-refractivity contribution in [2.45, 2.75) is 26.9 Å². The molecular formula is C11H16ClF3O3. The normalized spacial score (nSPS) is 26.2. The third-order valence-electron chi connectivity index (χ3n) is 3.09. The van der Waals surface area contributed by atoms with Gasteiger partial charge in [0.2, 0.25) is 0 Å². The Hall–Kier alpha value is -0.910. The van der Waals surface area contributed by atoms with Gasteiger partial charge in [0.15, 0.2) is 5.76 Å². The Bertz CT molecular complexity index is 350. The number of aliphatic carboxylic acids is 1. The maximum Gasteiger partial charge on any atom is 0.448 e. The first kappa shape index (κ1) is 17.1. The van der Waals surface area contributed by atoms with Gasteiger partial charge in [0.25, 0.3) is 0 Å². The molecule has 7 heteroatoms. The summed E-state index contributed by atoms with van der Waals surface area (Å²) in [5.74, 6) is -3.58. The second-order valence-electron chi connectivity index (χ2n) is 4.62. The topological polar surface area (TPSA) is 46.5 Å². The molecule has 106 valence electrons. The van der Waals surface area contributed by atoms with E-state index in [9.17, 15) is 18.0 Å². The van der Waals surface area contributed by atoms with E-state index in [0.29, 0.717) is 0 Å². The minimum atomic E-state index is -4.57. The molecule has 0 saturated heterocycles. The standard InChI is InChI=1S/C11H15F3O3.ClH/c1-4-17-7(11(12,13)14)5-6-8(9(15)16)10(6,2)3;/h5-6,8H,4H2,1-3H3,(H,15,16);1H. The Labute approximate surface area is 109 Å². The van der Waals surface area contributed by atoms with Crippen LogP contribution < -0.4 is 0 Å². The van der Waals surface area contributed by atoms with Crippen LogP contribution in [-0.4, -0.2) is 23.9 Å². The Kier molecular flexibility index (Phi) is 5.11. The summed E-state index contributed by atoms with van der Waals surface area (Å²) in [5.41, 5.74) is -0.653. The van der Waals surface area contributed by atoms with Gasteiger partial charge in [-0.05, 0) is 18.4 Å². The lowest BCUT2D eigenvalue weighted by Gasteiger charge is -2.12. The molecular weight excluding hydrogens is 273 g/mol. The molecule has 0 spiro atoms. The average Bonchev–Trinajstić information content (AvgIpc) is 2.65. The monoisotopic (exact) mass is 288 g/mol. The smallest absolute Gasteiger partial charge is 0.448 e. The Balaban J connectivity index is 0.00000289. The number of halogens is 4. The predicted molar refractivity (Wildman–Crippen MR) is 61.4 cm³/mol. The summed E-state index contributed by atoms with van der Waals surface area (Å²) in [6, 6.07) is 0. The van der Waals surface area contributed by atoms with Gasteiger partial charge in [-0.15, -0.1) is 12.4 Å². The van der Waals surface area contributed by atoms with E-state index < -0.39 is 35.2 Å². The molecule has 0 radical (unpaired) electrons. The number of carboxylic acids is 1. The van der Waals surface area contributed by atoms with Crippen molar-refractivity contribution >= 4 is 18.4 Å². The molecule has 0 aromatic rings. The minimum absolute atomic E-state index is 0. The third kappa shape index (κ3) is 3.31. The first-order valence-electron chi connectivity index (χ1n) is 5.27. The number of hydrogen-bond acceptors (Lipinski definition) is 2. The second-order valence-corrected chi connectivity index (χ2v) is 4.62. The van der Waals surface area contributed by atoms with Gasteiger partial charge >= 0.3 is 12.1 Å². The molecule has 1 aliphatic rings. The fourth-order valence-corrected chi connectivity index (χ4v) is 2.00. The van der Waals surface area contributed by atoms with Crippen LogP contribution in [0.2, 0.25) is 0 Å². The van der Waals surface area contributed by atoms with Gasteiger partial charge in [-0.3, -0.25) is 4.79 Å². The zero-order valence-corrected chi connectivity index (χ0v) is 11.1. The number of hydrogen-bond donors (Lipinski definition) is 1. The van der Waals surface area contributed by atoms with Crippen molar-refractivity contribution in [3.05, 3.63) is 11.8 Å². The Morgan fingerprint density at radius 2 is 1.94 bits per heavy atom. The largest absolute Gasteiger partial charge is 0.489 e. The number of ether oxygens (including phenoxy) is 1. The summed E-state index contributed by atoms with van der Waals surface area (Å²) in [6.07, 6.45) is -3.68. The molecule has 0 bridgehead atoms. The van der Waals surface area contributed by atoms with Crippen molar-refractivity contribution in [1.29, 1.82) is 0 Å². The van der Waals surface area contributed by atoms with Crippen LogP contribution in [0.1, 0.15) is 20.8 Å². The fourth-order valence-electron chi connectivity index (χ4n) is 2.00. The van der Waals surface area contributed by atoms with E-state index >= 15 is 0 Å². The minimum Gasteiger partial charge on any atom is -0.489 e. The first-order valence-corrected chi connectivity index (χ1v) is 5.27. The van der Waals surface area contributed by atoms with Crippen molar-refractivity contribution in [3.63, 3.8) is 0 Å². The molecule has 1 rings (SSSR count). The summed E-state index contributed by atoms with van der Waals surface area (Å²) < 4.78 is 42.1. The van der Waals surface area contributed by atoms with E-state index in [0.717, 1.165) is 6.08 Å². The summed E-state index contributed by atoms with van der Waals surface area (Å²) in [4.78, 5) is 10.8. The highest BCUT2D eigenvalue weighted by Crippen LogP contribution is 2.59. The molecule has 1 fully saturated rings. The molecule has 0 aromatic heterocycles. The molecule has 0 heterocycles. The van der Waals surface area contributed by atoms with Gasteiger partial charge in [-0.2, -0.15) is 13.2 Å². The van der Waals surface area contributed by atoms with Crippen molar-refractivity contribution in [3.8, 4) is 0 Å². The Morgan fingerprint density at radius 1 is 1.44 bits per heavy atom. The molecule has 0 amide bonds. The van der Waals surface area contributed by atoms with Crippen LogP contribution >= 0.6 is 12.4 Å². The number of alkyl halides is 3. The van der Waals surface area contributed by atoms with Crippen molar-refractivity contribution in [2.24, 2.45) is 17.3 Å². The highest BCUT2D eigenvalue weighted by Gasteiger charge is 2.62. The SMILES string of the molecule is CCOC(=CC1C(C(=O)O)C1(C)C)C(F)(F)F.Cl. The maximum absolute atomic E-state index is 12.5. The van der Waals surface area contributed by atoms with E-state index in [1.807, 2.05) is 0 Å².